The van der Waals surface area contributed by atoms with Crippen LogP contribution in [0.3, 0.4) is 0 Å². The molecular weight excluding hydrogens is 228 g/mol. The molecule has 5 fully saturated rings. The molecule has 0 radical (unpaired) electrons. The zero-order valence-electron chi connectivity index (χ0n) is 12.5. The summed E-state index contributed by atoms with van der Waals surface area (Å²) in [6.45, 7) is 0. The summed E-state index contributed by atoms with van der Waals surface area (Å²) in [7, 11) is 0. The second-order valence-electron chi connectivity index (χ2n) is 9.00. The van der Waals surface area contributed by atoms with Gasteiger partial charge in [-0.3, -0.25) is 0 Å². The Kier molecular flexibility index (Phi) is 2.33. The predicted molar refractivity (Wildman–Crippen MR) is 78.8 cm³/mol. The lowest BCUT2D eigenvalue weighted by atomic mass is 9.47. The van der Waals surface area contributed by atoms with Crippen molar-refractivity contribution in [1.29, 1.82) is 0 Å². The quantitative estimate of drug-likeness (QED) is 0.577. The molecule has 0 heterocycles. The summed E-state index contributed by atoms with van der Waals surface area (Å²) >= 11 is 0. The molecule has 5 saturated carbocycles. The maximum Gasteiger partial charge on any atom is -0.0207 e. The summed E-state index contributed by atoms with van der Waals surface area (Å²) in [5.74, 6) is 4.68. The third-order valence-corrected chi connectivity index (χ3v) is 8.74. The summed E-state index contributed by atoms with van der Waals surface area (Å²) in [5, 5.41) is 0. The minimum absolute atomic E-state index is 0.840. The number of hydrogen-bond donors (Lipinski definition) is 0. The monoisotopic (exact) mass is 258 g/mol. The second-order valence-corrected chi connectivity index (χ2v) is 9.00. The zero-order chi connectivity index (χ0) is 12.5. The molecule has 0 heteroatoms. The van der Waals surface area contributed by atoms with Crippen molar-refractivity contribution in [2.24, 2.45) is 34.5 Å². The van der Waals surface area contributed by atoms with E-state index in [9.17, 15) is 0 Å². The molecule has 19 heavy (non-hydrogen) atoms. The van der Waals surface area contributed by atoms with E-state index in [-0.39, 0.29) is 0 Å². The average molecular weight is 258 g/mol. The van der Waals surface area contributed by atoms with Gasteiger partial charge in [0, 0.05) is 0 Å². The van der Waals surface area contributed by atoms with Gasteiger partial charge in [-0.15, -0.1) is 0 Å². The van der Waals surface area contributed by atoms with E-state index in [4.69, 9.17) is 0 Å². The van der Waals surface area contributed by atoms with Gasteiger partial charge in [0.1, 0.15) is 0 Å². The van der Waals surface area contributed by atoms with Crippen molar-refractivity contribution in [3.8, 4) is 0 Å². The van der Waals surface area contributed by atoms with Gasteiger partial charge < -0.3 is 0 Å². The smallest absolute Gasteiger partial charge is 0.0207 e. The highest BCUT2D eigenvalue weighted by molar-refractivity contribution is 5.16. The van der Waals surface area contributed by atoms with Crippen molar-refractivity contribution in [3.63, 3.8) is 0 Å². The van der Waals surface area contributed by atoms with Gasteiger partial charge in [0.05, 0.1) is 0 Å². The molecule has 4 atom stereocenters. The van der Waals surface area contributed by atoms with Crippen LogP contribution in [0.2, 0.25) is 0 Å². The van der Waals surface area contributed by atoms with Crippen molar-refractivity contribution in [1.82, 2.24) is 0 Å². The molecule has 0 N–H and O–H groups in total. The predicted octanol–water partition coefficient (Wildman–Crippen LogP) is 5.56. The molecule has 4 bridgehead atoms. The van der Waals surface area contributed by atoms with Gasteiger partial charge in [0.2, 0.25) is 0 Å². The van der Waals surface area contributed by atoms with E-state index in [1.165, 1.54) is 17.8 Å². The van der Waals surface area contributed by atoms with Crippen molar-refractivity contribution in [2.45, 2.75) is 83.5 Å². The highest BCUT2D eigenvalue weighted by Gasteiger charge is 2.66. The fourth-order valence-corrected chi connectivity index (χ4v) is 8.32. The molecule has 106 valence electrons. The fourth-order valence-electron chi connectivity index (χ4n) is 8.32. The maximum absolute atomic E-state index is 1.68. The number of rotatable bonds is 1. The summed E-state index contributed by atoms with van der Waals surface area (Å²) in [5.41, 5.74) is 1.70. The minimum Gasteiger partial charge on any atom is -0.0527 e. The van der Waals surface area contributed by atoms with Gasteiger partial charge in [-0.2, -0.15) is 0 Å². The Balaban J connectivity index is 1.57. The van der Waals surface area contributed by atoms with Crippen LogP contribution in [0.15, 0.2) is 0 Å². The van der Waals surface area contributed by atoms with Crippen molar-refractivity contribution in [2.75, 3.05) is 0 Å². The number of hydrogen-bond acceptors (Lipinski definition) is 0. The first kappa shape index (κ1) is 11.6. The van der Waals surface area contributed by atoms with Crippen LogP contribution < -0.4 is 0 Å². The first-order chi connectivity index (χ1) is 9.33. The molecule has 0 spiro atoms. The van der Waals surface area contributed by atoms with Crippen LogP contribution in [0.25, 0.3) is 0 Å². The molecule has 0 aliphatic heterocycles. The molecule has 5 aliphatic rings. The van der Waals surface area contributed by atoms with E-state index in [0.29, 0.717) is 0 Å². The Labute approximate surface area is 118 Å². The average Bonchev–Trinajstić information content (AvgIpc) is 3.12. The number of fused-ring (bicyclic) bond motifs is 8. The lowest BCUT2D eigenvalue weighted by Gasteiger charge is -2.58. The molecule has 0 nitrogen and oxygen atoms in total. The van der Waals surface area contributed by atoms with E-state index in [1.807, 2.05) is 0 Å². The Morgan fingerprint density at radius 3 is 2.37 bits per heavy atom. The lowest BCUT2D eigenvalue weighted by Crippen LogP contribution is -2.49. The summed E-state index contributed by atoms with van der Waals surface area (Å²) < 4.78 is 0. The van der Waals surface area contributed by atoms with Gasteiger partial charge >= 0.3 is 0 Å². The topological polar surface area (TPSA) is 0 Å². The summed E-state index contributed by atoms with van der Waals surface area (Å²) in [6.07, 6.45) is 21.0. The van der Waals surface area contributed by atoms with E-state index in [1.54, 1.807) is 83.5 Å². The standard InChI is InChI=1S/C19H30/c1-6-16-15-8-11-19(13-15,17(16)7-1)18-9-2-4-14(12-18)5-3-10-18/h14-17H,1-13H2. The van der Waals surface area contributed by atoms with E-state index >= 15 is 0 Å². The summed E-state index contributed by atoms with van der Waals surface area (Å²) in [6, 6.07) is 0. The highest BCUT2D eigenvalue weighted by atomic mass is 14.7. The molecule has 4 unspecified atom stereocenters. The van der Waals surface area contributed by atoms with Crippen LogP contribution in [0.1, 0.15) is 83.5 Å². The first-order valence-electron chi connectivity index (χ1n) is 9.33. The van der Waals surface area contributed by atoms with Crippen molar-refractivity contribution >= 4 is 0 Å². The third kappa shape index (κ3) is 1.32. The van der Waals surface area contributed by atoms with Gasteiger partial charge in [-0.25, -0.2) is 0 Å². The maximum atomic E-state index is 1.68. The van der Waals surface area contributed by atoms with E-state index in [2.05, 4.69) is 0 Å². The zero-order valence-corrected chi connectivity index (χ0v) is 12.5. The second kappa shape index (κ2) is 3.80. The molecule has 0 saturated heterocycles. The van der Waals surface area contributed by atoms with Gasteiger partial charge in [-0.05, 0) is 85.9 Å². The van der Waals surface area contributed by atoms with Crippen molar-refractivity contribution < 1.29 is 0 Å². The Morgan fingerprint density at radius 1 is 0.684 bits per heavy atom. The molecule has 0 aromatic rings. The van der Waals surface area contributed by atoms with E-state index in [0.717, 1.165) is 16.7 Å². The molecule has 0 amide bonds. The third-order valence-electron chi connectivity index (χ3n) is 8.74. The van der Waals surface area contributed by atoms with Gasteiger partial charge in [-0.1, -0.05) is 32.1 Å². The Morgan fingerprint density at radius 2 is 1.53 bits per heavy atom. The molecule has 5 aliphatic carbocycles. The highest BCUT2D eigenvalue weighted by Crippen LogP contribution is 2.75. The van der Waals surface area contributed by atoms with Crippen LogP contribution in [0.4, 0.5) is 0 Å². The Hall–Kier alpha value is 0. The molecule has 5 rings (SSSR count). The molecule has 0 aromatic carbocycles. The summed E-state index contributed by atoms with van der Waals surface area (Å²) in [4.78, 5) is 0. The van der Waals surface area contributed by atoms with Crippen LogP contribution in [-0.2, 0) is 0 Å². The van der Waals surface area contributed by atoms with Crippen LogP contribution >= 0.6 is 0 Å². The van der Waals surface area contributed by atoms with Gasteiger partial charge in [0.15, 0.2) is 0 Å². The van der Waals surface area contributed by atoms with E-state index < -0.39 is 0 Å². The van der Waals surface area contributed by atoms with Crippen LogP contribution in [0.5, 0.6) is 0 Å². The normalized spacial score (nSPS) is 59.4. The lowest BCUT2D eigenvalue weighted by molar-refractivity contribution is -0.0835. The molecular formula is C19H30. The first-order valence-corrected chi connectivity index (χ1v) is 9.33. The minimum atomic E-state index is 0.840. The Bertz CT molecular complexity index is 373. The van der Waals surface area contributed by atoms with Crippen LogP contribution in [0, 0.1) is 34.5 Å². The SMILES string of the molecule is C1CC2C3CCC(C45CCCC(CCC4)C5)(C3)C2C1. The van der Waals surface area contributed by atoms with Gasteiger partial charge in [0.25, 0.3) is 0 Å². The van der Waals surface area contributed by atoms with Crippen molar-refractivity contribution in [3.05, 3.63) is 0 Å². The largest absolute Gasteiger partial charge is 0.0527 e. The molecule has 0 aromatic heterocycles. The van der Waals surface area contributed by atoms with Crippen LogP contribution in [-0.4, -0.2) is 0 Å². The fraction of sp³-hybridized carbons (Fsp3) is 1.00.